The Labute approximate surface area is 331 Å². The summed E-state index contributed by atoms with van der Waals surface area (Å²) >= 11 is 0. The number of carbonyl (C=O) groups is 1. The third-order valence-corrected chi connectivity index (χ3v) is 11.0. The van der Waals surface area contributed by atoms with Gasteiger partial charge in [-0.2, -0.15) is 0 Å². The Morgan fingerprint density at radius 2 is 0.755 bits per heavy atom. The van der Waals surface area contributed by atoms with E-state index >= 15 is 0 Å². The van der Waals surface area contributed by atoms with Crippen LogP contribution in [0.1, 0.15) is 251 Å². The lowest BCUT2D eigenvalue weighted by Crippen LogP contribution is -2.50. The van der Waals surface area contributed by atoms with Crippen molar-refractivity contribution in [1.29, 1.82) is 0 Å². The van der Waals surface area contributed by atoms with E-state index in [1.165, 1.54) is 186 Å². The highest BCUT2D eigenvalue weighted by Crippen LogP contribution is 2.16. The lowest BCUT2D eigenvalue weighted by molar-refractivity contribution is -0.124. The van der Waals surface area contributed by atoms with Gasteiger partial charge in [0.05, 0.1) is 18.8 Å². The van der Waals surface area contributed by atoms with E-state index < -0.39 is 18.2 Å². The molecule has 5 heteroatoms. The summed E-state index contributed by atoms with van der Waals surface area (Å²) in [6.45, 7) is 4.18. The maximum absolute atomic E-state index is 12.4. The zero-order chi connectivity index (χ0) is 38.7. The topological polar surface area (TPSA) is 89.8 Å². The first-order chi connectivity index (χ1) is 26.1. The molecule has 0 saturated carbocycles. The highest BCUT2D eigenvalue weighted by atomic mass is 16.3. The van der Waals surface area contributed by atoms with Crippen LogP contribution in [0.25, 0.3) is 0 Å². The van der Waals surface area contributed by atoms with Crippen LogP contribution in [-0.2, 0) is 4.79 Å². The molecule has 5 nitrogen and oxygen atoms in total. The molecular formula is C48H93NO4. The van der Waals surface area contributed by atoms with Crippen LogP contribution < -0.4 is 5.32 Å². The van der Waals surface area contributed by atoms with Crippen LogP contribution in [-0.4, -0.2) is 46.1 Å². The fourth-order valence-corrected chi connectivity index (χ4v) is 7.33. The number of carbonyl (C=O) groups excluding carboxylic acids is 1. The molecule has 314 valence electrons. The number of amides is 1. The molecule has 4 N–H and O–H groups in total. The van der Waals surface area contributed by atoms with Crippen molar-refractivity contribution in [2.24, 2.45) is 0 Å². The average molecular weight is 748 g/mol. The lowest BCUT2D eigenvalue weighted by atomic mass is 10.0. The molecule has 0 aromatic heterocycles. The van der Waals surface area contributed by atoms with Crippen LogP contribution in [0.5, 0.6) is 0 Å². The average Bonchev–Trinajstić information content (AvgIpc) is 3.16. The molecule has 0 heterocycles. The quantitative estimate of drug-likeness (QED) is 0.0369. The van der Waals surface area contributed by atoms with Crippen molar-refractivity contribution in [3.63, 3.8) is 0 Å². The lowest BCUT2D eigenvalue weighted by Gasteiger charge is -2.26. The Hall–Kier alpha value is -1.17. The smallest absolute Gasteiger partial charge is 0.220 e. The summed E-state index contributed by atoms with van der Waals surface area (Å²) in [6, 6.07) is -0.826. The number of hydrogen-bond acceptors (Lipinski definition) is 4. The molecule has 0 rings (SSSR count). The number of unbranched alkanes of at least 4 members (excludes halogenated alkanes) is 31. The molecule has 1 amide bonds. The summed E-state index contributed by atoms with van der Waals surface area (Å²) < 4.78 is 0. The SMILES string of the molecule is CCCCCCCCCCCC/C=C\CCCCCCCCCC(=O)NC(CO)C(O)C(O)CCC/C=C/CCCCCCCCCCCCCCC. The van der Waals surface area contributed by atoms with Gasteiger partial charge in [-0.25, -0.2) is 0 Å². The molecule has 0 aliphatic rings. The number of rotatable bonds is 43. The normalized spacial score (nSPS) is 13.7. The molecule has 0 radical (unpaired) electrons. The van der Waals surface area contributed by atoms with Crippen molar-refractivity contribution in [2.75, 3.05) is 6.61 Å². The van der Waals surface area contributed by atoms with Crippen molar-refractivity contribution < 1.29 is 20.1 Å². The van der Waals surface area contributed by atoms with E-state index in [0.717, 1.165) is 38.5 Å². The first-order valence-electron chi connectivity index (χ1n) is 23.6. The van der Waals surface area contributed by atoms with Crippen LogP contribution in [0, 0.1) is 0 Å². The van der Waals surface area contributed by atoms with Crippen LogP contribution in [0.3, 0.4) is 0 Å². The van der Waals surface area contributed by atoms with Crippen molar-refractivity contribution in [1.82, 2.24) is 5.32 Å². The Balaban J connectivity index is 3.64. The number of aliphatic hydroxyl groups excluding tert-OH is 3. The summed E-state index contributed by atoms with van der Waals surface area (Å²) in [4.78, 5) is 12.4. The highest BCUT2D eigenvalue weighted by molar-refractivity contribution is 5.76. The van der Waals surface area contributed by atoms with E-state index in [0.29, 0.717) is 12.8 Å². The van der Waals surface area contributed by atoms with Crippen LogP contribution in [0.4, 0.5) is 0 Å². The van der Waals surface area contributed by atoms with Gasteiger partial charge in [0.15, 0.2) is 0 Å². The zero-order valence-corrected chi connectivity index (χ0v) is 35.7. The number of nitrogens with one attached hydrogen (secondary N) is 1. The Morgan fingerprint density at radius 1 is 0.453 bits per heavy atom. The standard InChI is InChI=1S/C48H93NO4/c1-3-5-7-9-11-13-15-17-19-21-23-24-25-27-29-31-33-35-37-39-41-43-47(52)49-45(44-50)48(53)46(51)42-40-38-36-34-32-30-28-26-22-20-18-16-14-12-10-8-6-4-2/h24-25,34,36,45-46,48,50-51,53H,3-23,26-33,35,37-44H2,1-2H3,(H,49,52)/b25-24-,36-34+. The fourth-order valence-electron chi connectivity index (χ4n) is 7.33. The largest absolute Gasteiger partial charge is 0.394 e. The fraction of sp³-hybridized carbons (Fsp3) is 0.896. The summed E-state index contributed by atoms with van der Waals surface area (Å²) in [5.74, 6) is -0.156. The number of aliphatic hydroxyl groups is 3. The van der Waals surface area contributed by atoms with Gasteiger partial charge in [0, 0.05) is 6.42 Å². The van der Waals surface area contributed by atoms with Gasteiger partial charge in [0.1, 0.15) is 6.10 Å². The second-order valence-corrected chi connectivity index (χ2v) is 16.3. The van der Waals surface area contributed by atoms with Crippen LogP contribution in [0.15, 0.2) is 24.3 Å². The molecule has 0 aliphatic heterocycles. The van der Waals surface area contributed by atoms with Gasteiger partial charge < -0.3 is 20.6 Å². The van der Waals surface area contributed by atoms with Gasteiger partial charge in [-0.3, -0.25) is 4.79 Å². The van der Waals surface area contributed by atoms with Crippen molar-refractivity contribution in [2.45, 2.75) is 270 Å². The zero-order valence-electron chi connectivity index (χ0n) is 35.7. The summed E-state index contributed by atoms with van der Waals surface area (Å²) in [6.07, 6.45) is 53.0. The predicted molar refractivity (Wildman–Crippen MR) is 231 cm³/mol. The van der Waals surface area contributed by atoms with Gasteiger partial charge in [0.25, 0.3) is 0 Å². The number of hydrogen-bond donors (Lipinski definition) is 4. The van der Waals surface area contributed by atoms with Crippen LogP contribution in [0.2, 0.25) is 0 Å². The third-order valence-electron chi connectivity index (χ3n) is 11.0. The summed E-state index contributed by atoms with van der Waals surface area (Å²) in [5.41, 5.74) is 0. The third kappa shape index (κ3) is 38.9. The summed E-state index contributed by atoms with van der Waals surface area (Å²) in [5, 5.41) is 33.6. The first-order valence-corrected chi connectivity index (χ1v) is 23.6. The second-order valence-electron chi connectivity index (χ2n) is 16.3. The molecule has 0 saturated heterocycles. The van der Waals surface area contributed by atoms with Crippen molar-refractivity contribution in [3.8, 4) is 0 Å². The Morgan fingerprint density at radius 3 is 1.09 bits per heavy atom. The molecule has 0 aromatic rings. The van der Waals surface area contributed by atoms with E-state index in [2.05, 4.69) is 43.5 Å². The number of allylic oxidation sites excluding steroid dienone is 4. The highest BCUT2D eigenvalue weighted by Gasteiger charge is 2.26. The molecule has 0 aromatic carbocycles. The molecule has 0 spiro atoms. The van der Waals surface area contributed by atoms with E-state index in [9.17, 15) is 20.1 Å². The minimum Gasteiger partial charge on any atom is -0.394 e. The maximum Gasteiger partial charge on any atom is 0.220 e. The molecule has 0 bridgehead atoms. The first kappa shape index (κ1) is 51.8. The second kappa shape index (κ2) is 43.6. The Bertz CT molecular complexity index is 784. The molecular weight excluding hydrogens is 655 g/mol. The maximum atomic E-state index is 12.4. The van der Waals surface area contributed by atoms with Gasteiger partial charge in [-0.05, 0) is 64.2 Å². The van der Waals surface area contributed by atoms with E-state index in [4.69, 9.17) is 0 Å². The minimum atomic E-state index is -1.16. The molecule has 3 unspecified atom stereocenters. The van der Waals surface area contributed by atoms with Crippen molar-refractivity contribution in [3.05, 3.63) is 24.3 Å². The van der Waals surface area contributed by atoms with Crippen molar-refractivity contribution >= 4 is 5.91 Å². The van der Waals surface area contributed by atoms with E-state index in [1.54, 1.807) is 0 Å². The predicted octanol–water partition coefficient (Wildman–Crippen LogP) is 13.8. The minimum absolute atomic E-state index is 0.156. The van der Waals surface area contributed by atoms with Crippen LogP contribution >= 0.6 is 0 Å². The molecule has 0 aliphatic carbocycles. The molecule has 0 fully saturated rings. The summed E-state index contributed by atoms with van der Waals surface area (Å²) in [7, 11) is 0. The monoisotopic (exact) mass is 748 g/mol. The molecule has 3 atom stereocenters. The van der Waals surface area contributed by atoms with Gasteiger partial charge in [0.2, 0.25) is 5.91 Å². The Kier molecular flexibility index (Phi) is 42.6. The van der Waals surface area contributed by atoms with Gasteiger partial charge in [-0.15, -0.1) is 0 Å². The van der Waals surface area contributed by atoms with Gasteiger partial charge in [-0.1, -0.05) is 205 Å². The van der Waals surface area contributed by atoms with Gasteiger partial charge >= 0.3 is 0 Å². The molecule has 53 heavy (non-hydrogen) atoms. The van der Waals surface area contributed by atoms with E-state index in [1.807, 2.05) is 0 Å². The van der Waals surface area contributed by atoms with E-state index in [-0.39, 0.29) is 12.5 Å².